The van der Waals surface area contributed by atoms with Crippen molar-refractivity contribution in [1.82, 2.24) is 4.90 Å². The van der Waals surface area contributed by atoms with Gasteiger partial charge in [0.05, 0.1) is 0 Å². The molecule has 1 saturated heterocycles. The summed E-state index contributed by atoms with van der Waals surface area (Å²) in [6.07, 6.45) is 1.22. The highest BCUT2D eigenvalue weighted by molar-refractivity contribution is 4.81. The molecule has 1 fully saturated rings. The van der Waals surface area contributed by atoms with Crippen LogP contribution < -0.4 is 0 Å². The number of nitrogens with zero attached hydrogens (tertiary/aromatic N) is 1. The lowest BCUT2D eigenvalue weighted by Crippen LogP contribution is -2.25. The summed E-state index contributed by atoms with van der Waals surface area (Å²) in [7, 11) is 0. The van der Waals surface area contributed by atoms with Crippen LogP contribution >= 0.6 is 0 Å². The van der Waals surface area contributed by atoms with Gasteiger partial charge in [-0.25, -0.2) is 4.39 Å². The zero-order valence-corrected chi connectivity index (χ0v) is 8.86. The van der Waals surface area contributed by atoms with E-state index < -0.39 is 0 Å². The third kappa shape index (κ3) is 4.05. The van der Waals surface area contributed by atoms with E-state index in [1.807, 2.05) is 13.8 Å². The smallest absolute Gasteiger partial charge is 0.102 e. The molecule has 0 radical (unpaired) electrons. The lowest BCUT2D eigenvalue weighted by molar-refractivity contribution is 0.266. The zero-order chi connectivity index (χ0) is 9.61. The average molecular weight is 175 g/mol. The van der Waals surface area contributed by atoms with E-state index in [1.54, 1.807) is 0 Å². The molecule has 0 aliphatic carbocycles. The molecule has 12 heavy (non-hydrogen) atoms. The second kappa shape index (κ2) is 5.52. The van der Waals surface area contributed by atoms with E-state index in [9.17, 15) is 4.39 Å². The average Bonchev–Trinajstić information content (AvgIpc) is 2.35. The van der Waals surface area contributed by atoms with Crippen molar-refractivity contribution in [2.24, 2.45) is 5.41 Å². The highest BCUT2D eigenvalue weighted by atomic mass is 19.1. The maximum atomic E-state index is 11.9. The minimum Gasteiger partial charge on any atom is -0.300 e. The Balaban J connectivity index is 0.000000561. The maximum Gasteiger partial charge on any atom is 0.102 e. The van der Waals surface area contributed by atoms with Gasteiger partial charge in [-0.05, 0) is 18.4 Å². The van der Waals surface area contributed by atoms with Gasteiger partial charge in [0, 0.05) is 13.1 Å². The molecule has 1 rings (SSSR count). The van der Waals surface area contributed by atoms with Gasteiger partial charge in [0.25, 0.3) is 0 Å². The van der Waals surface area contributed by atoms with Crippen molar-refractivity contribution in [2.45, 2.75) is 34.1 Å². The van der Waals surface area contributed by atoms with Gasteiger partial charge < -0.3 is 4.90 Å². The lowest BCUT2D eigenvalue weighted by Gasteiger charge is -2.17. The molecule has 0 atom stereocenters. The third-order valence-electron chi connectivity index (χ3n) is 2.16. The van der Waals surface area contributed by atoms with Gasteiger partial charge in [-0.1, -0.05) is 27.7 Å². The van der Waals surface area contributed by atoms with Gasteiger partial charge in [-0.15, -0.1) is 0 Å². The van der Waals surface area contributed by atoms with Crippen molar-refractivity contribution in [3.05, 3.63) is 0 Å². The number of alkyl halides is 1. The lowest BCUT2D eigenvalue weighted by atomic mass is 9.93. The molecule has 74 valence electrons. The van der Waals surface area contributed by atoms with Crippen molar-refractivity contribution >= 4 is 0 Å². The summed E-state index contributed by atoms with van der Waals surface area (Å²) in [4.78, 5) is 2.19. The largest absolute Gasteiger partial charge is 0.300 e. The highest BCUT2D eigenvalue weighted by Crippen LogP contribution is 2.28. The highest BCUT2D eigenvalue weighted by Gasteiger charge is 2.28. The van der Waals surface area contributed by atoms with E-state index in [1.165, 1.54) is 6.42 Å². The van der Waals surface area contributed by atoms with E-state index in [0.29, 0.717) is 12.0 Å². The predicted octanol–water partition coefficient (Wildman–Crippen LogP) is 2.71. The molecule has 1 aliphatic heterocycles. The molecular weight excluding hydrogens is 153 g/mol. The van der Waals surface area contributed by atoms with Crippen molar-refractivity contribution in [3.8, 4) is 0 Å². The first kappa shape index (κ1) is 11.9. The van der Waals surface area contributed by atoms with Crippen LogP contribution in [0, 0.1) is 5.41 Å². The van der Waals surface area contributed by atoms with Crippen LogP contribution in [0.5, 0.6) is 0 Å². The molecule has 0 amide bonds. The molecule has 0 N–H and O–H groups in total. The normalized spacial score (nSPS) is 21.8. The predicted molar refractivity (Wildman–Crippen MR) is 52.2 cm³/mol. The van der Waals surface area contributed by atoms with Crippen LogP contribution in [0.1, 0.15) is 34.1 Å². The molecule has 1 nitrogen and oxygen atoms in total. The Morgan fingerprint density at radius 2 is 1.92 bits per heavy atom. The molecule has 2 heteroatoms. The first-order chi connectivity index (χ1) is 5.64. The summed E-state index contributed by atoms with van der Waals surface area (Å²) in [6.45, 7) is 11.1. The molecule has 0 spiro atoms. The monoisotopic (exact) mass is 175 g/mol. The van der Waals surface area contributed by atoms with E-state index in [-0.39, 0.29) is 6.67 Å². The fourth-order valence-corrected chi connectivity index (χ4v) is 1.53. The van der Waals surface area contributed by atoms with Crippen molar-refractivity contribution in [3.63, 3.8) is 0 Å². The van der Waals surface area contributed by atoms with Crippen LogP contribution in [-0.2, 0) is 0 Å². The second-order valence-electron chi connectivity index (χ2n) is 3.88. The van der Waals surface area contributed by atoms with E-state index in [0.717, 1.165) is 13.1 Å². The van der Waals surface area contributed by atoms with Gasteiger partial charge in [-0.2, -0.15) is 0 Å². The minimum atomic E-state index is -0.198. The first-order valence-corrected chi connectivity index (χ1v) is 4.92. The summed E-state index contributed by atoms with van der Waals surface area (Å²) in [5.41, 5.74) is 0.426. The fraction of sp³-hybridized carbons (Fsp3) is 1.00. The Kier molecular flexibility index (Phi) is 5.47. The molecule has 1 heterocycles. The van der Waals surface area contributed by atoms with Gasteiger partial charge in [0.1, 0.15) is 6.67 Å². The Bertz CT molecular complexity index is 112. The van der Waals surface area contributed by atoms with Gasteiger partial charge in [0.15, 0.2) is 0 Å². The summed E-state index contributed by atoms with van der Waals surface area (Å²) in [5.74, 6) is 0. The van der Waals surface area contributed by atoms with Crippen LogP contribution in [-0.4, -0.2) is 31.2 Å². The Labute approximate surface area is 75.9 Å². The number of hydrogen-bond donors (Lipinski definition) is 0. The van der Waals surface area contributed by atoms with E-state index in [2.05, 4.69) is 18.7 Å². The summed E-state index contributed by atoms with van der Waals surface area (Å²) in [6, 6.07) is 0. The van der Waals surface area contributed by atoms with Crippen molar-refractivity contribution in [2.75, 3.05) is 26.3 Å². The first-order valence-electron chi connectivity index (χ1n) is 4.92. The molecule has 0 bridgehead atoms. The quantitative estimate of drug-likeness (QED) is 0.623. The summed E-state index contributed by atoms with van der Waals surface area (Å²) >= 11 is 0. The summed E-state index contributed by atoms with van der Waals surface area (Å²) in [5, 5.41) is 0. The fourth-order valence-electron chi connectivity index (χ4n) is 1.53. The Morgan fingerprint density at radius 3 is 2.25 bits per heavy atom. The molecule has 1 aliphatic rings. The van der Waals surface area contributed by atoms with Gasteiger partial charge in [-0.3, -0.25) is 0 Å². The summed E-state index contributed by atoms with van der Waals surface area (Å²) < 4.78 is 11.9. The van der Waals surface area contributed by atoms with Crippen LogP contribution in [0.3, 0.4) is 0 Å². The van der Waals surface area contributed by atoms with Crippen LogP contribution in [0.4, 0.5) is 4.39 Å². The van der Waals surface area contributed by atoms with Gasteiger partial charge in [0.2, 0.25) is 0 Å². The number of hydrogen-bond acceptors (Lipinski definition) is 1. The van der Waals surface area contributed by atoms with Gasteiger partial charge >= 0.3 is 0 Å². The number of rotatable bonds is 2. The zero-order valence-electron chi connectivity index (χ0n) is 8.86. The van der Waals surface area contributed by atoms with E-state index >= 15 is 0 Å². The maximum absolute atomic E-state index is 11.9. The topological polar surface area (TPSA) is 3.24 Å². The second-order valence-corrected chi connectivity index (χ2v) is 3.88. The number of halogens is 1. The molecular formula is C10H22FN. The van der Waals surface area contributed by atoms with Crippen LogP contribution in [0.15, 0.2) is 0 Å². The Hall–Kier alpha value is -0.110. The SMILES string of the molecule is CC.CC1(C)CCN(CCF)C1. The Morgan fingerprint density at radius 1 is 1.33 bits per heavy atom. The van der Waals surface area contributed by atoms with Crippen molar-refractivity contribution in [1.29, 1.82) is 0 Å². The minimum absolute atomic E-state index is 0.198. The molecule has 0 aromatic rings. The molecule has 0 unspecified atom stereocenters. The number of likely N-dealkylation sites (tertiary alicyclic amines) is 1. The molecule has 0 aromatic heterocycles. The van der Waals surface area contributed by atoms with E-state index in [4.69, 9.17) is 0 Å². The molecule has 0 aromatic carbocycles. The standard InChI is InChI=1S/C8H16FN.C2H6/c1-8(2)3-5-10(7-8)6-4-9;1-2/h3-7H2,1-2H3;1-2H3. The van der Waals surface area contributed by atoms with Crippen LogP contribution in [0.25, 0.3) is 0 Å². The third-order valence-corrected chi connectivity index (χ3v) is 2.16. The molecule has 0 saturated carbocycles. The van der Waals surface area contributed by atoms with Crippen molar-refractivity contribution < 1.29 is 4.39 Å². The van der Waals surface area contributed by atoms with Crippen LogP contribution in [0.2, 0.25) is 0 Å².